The summed E-state index contributed by atoms with van der Waals surface area (Å²) in [6.07, 6.45) is 2.39. The van der Waals surface area contributed by atoms with Gasteiger partial charge in [0.1, 0.15) is 24.1 Å². The van der Waals surface area contributed by atoms with Gasteiger partial charge < -0.3 is 34.6 Å². The van der Waals surface area contributed by atoms with Crippen molar-refractivity contribution in [2.45, 2.75) is 117 Å². The Labute approximate surface area is 405 Å². The maximum absolute atomic E-state index is 13.6. The van der Waals surface area contributed by atoms with E-state index in [4.69, 9.17) is 26.4 Å². The van der Waals surface area contributed by atoms with Gasteiger partial charge in [-0.1, -0.05) is 45.0 Å². The van der Waals surface area contributed by atoms with Crippen LogP contribution in [0.4, 0.5) is 11.4 Å². The van der Waals surface area contributed by atoms with Crippen molar-refractivity contribution in [1.29, 1.82) is 5.26 Å². The molecule has 3 aromatic carbocycles. The van der Waals surface area contributed by atoms with E-state index in [1.807, 2.05) is 68.4 Å². The zero-order chi connectivity index (χ0) is 48.3. The van der Waals surface area contributed by atoms with Crippen LogP contribution in [0.1, 0.15) is 89.1 Å². The zero-order valence-electron chi connectivity index (χ0n) is 39.9. The predicted octanol–water partition coefficient (Wildman–Crippen LogP) is 7.26. The first-order valence-electron chi connectivity index (χ1n) is 23.2. The molecule has 6 rings (SSSR count). The number of anilines is 2. The fourth-order valence-electron chi connectivity index (χ4n) is 8.43. The summed E-state index contributed by atoms with van der Waals surface area (Å²) in [4.78, 5) is 37.6. The summed E-state index contributed by atoms with van der Waals surface area (Å²) in [5, 5.41) is 38.0. The van der Waals surface area contributed by atoms with Crippen molar-refractivity contribution >= 4 is 51.9 Å². The third-order valence-corrected chi connectivity index (χ3v) is 13.8. The molecule has 4 atom stereocenters. The lowest BCUT2D eigenvalue weighted by atomic mass is 9.86. The van der Waals surface area contributed by atoms with Gasteiger partial charge in [0, 0.05) is 51.2 Å². The smallest absolute Gasteiger partial charge is 0.259 e. The SMILES string of the molecule is Cc1cc(N2C(=O)C(C)(C)N(c3ccc(OCCCCCOCCCOCC(=O)N[C@H](CN4C[C@H](O)C[C@H]4C(O)NCc4ccc(-c5scnc5C)cc4)C(C)(C)C)cc3)C2=S)ccc1C#N. The van der Waals surface area contributed by atoms with Crippen molar-refractivity contribution in [2.75, 3.05) is 55.9 Å². The molecule has 3 heterocycles. The van der Waals surface area contributed by atoms with Crippen LogP contribution in [0.3, 0.4) is 0 Å². The fraction of sp³-hybridized carbons (Fsp3) is 0.510. The number of aliphatic hydroxyl groups excluding tert-OH is 2. The molecule has 67 heavy (non-hydrogen) atoms. The lowest BCUT2D eigenvalue weighted by Crippen LogP contribution is -2.55. The number of likely N-dealkylation sites (tertiary alicyclic amines) is 1. The number of ether oxygens (including phenoxy) is 3. The normalized spacial score (nSPS) is 18.3. The number of nitrogens with one attached hydrogen (secondary N) is 2. The lowest BCUT2D eigenvalue weighted by molar-refractivity contribution is -0.127. The number of nitriles is 1. The van der Waals surface area contributed by atoms with E-state index in [1.165, 1.54) is 4.90 Å². The number of carbonyl (C=O) groups excluding carboxylic acids is 2. The summed E-state index contributed by atoms with van der Waals surface area (Å²) in [7, 11) is 0. The molecular formula is C51H67N7O7S2. The highest BCUT2D eigenvalue weighted by atomic mass is 32.1. The third kappa shape index (κ3) is 13.5. The van der Waals surface area contributed by atoms with E-state index in [1.54, 1.807) is 23.5 Å². The van der Waals surface area contributed by atoms with Crippen LogP contribution < -0.4 is 25.2 Å². The van der Waals surface area contributed by atoms with E-state index in [0.29, 0.717) is 75.3 Å². The number of β-amino-alcohol motifs (C(OH)–C–C–N with tert-alkyl or cyclic N) is 1. The number of thiocarbonyl (C=S) groups is 1. The predicted molar refractivity (Wildman–Crippen MR) is 267 cm³/mol. The summed E-state index contributed by atoms with van der Waals surface area (Å²) in [6, 6.07) is 22.7. The molecule has 16 heteroatoms. The zero-order valence-corrected chi connectivity index (χ0v) is 41.6. The third-order valence-electron chi connectivity index (χ3n) is 12.4. The molecule has 4 aromatic rings. The number of rotatable bonds is 23. The highest BCUT2D eigenvalue weighted by Crippen LogP contribution is 2.37. The number of aliphatic hydroxyl groups is 2. The van der Waals surface area contributed by atoms with Crippen molar-refractivity contribution in [3.05, 3.63) is 94.6 Å². The van der Waals surface area contributed by atoms with Gasteiger partial charge in [-0.15, -0.1) is 11.3 Å². The number of aryl methyl sites for hydroxylation is 2. The van der Waals surface area contributed by atoms with Crippen LogP contribution in [0.25, 0.3) is 10.4 Å². The quantitative estimate of drug-likeness (QED) is 0.0333. The Bertz CT molecular complexity index is 2330. The molecule has 2 fully saturated rings. The number of aromatic nitrogens is 1. The Morgan fingerprint density at radius 1 is 0.985 bits per heavy atom. The molecule has 0 bridgehead atoms. The first-order valence-corrected chi connectivity index (χ1v) is 24.5. The Hall–Kier alpha value is -4.83. The molecule has 360 valence electrons. The summed E-state index contributed by atoms with van der Waals surface area (Å²) in [5.74, 6) is 0.390. The molecule has 2 aliphatic heterocycles. The van der Waals surface area contributed by atoms with Crippen molar-refractivity contribution < 1.29 is 34.0 Å². The Morgan fingerprint density at radius 2 is 1.67 bits per heavy atom. The number of thiazole rings is 1. The monoisotopic (exact) mass is 953 g/mol. The number of amides is 2. The van der Waals surface area contributed by atoms with Gasteiger partial charge in [0.15, 0.2) is 5.11 Å². The second kappa shape index (κ2) is 23.5. The minimum atomic E-state index is -0.904. The van der Waals surface area contributed by atoms with Crippen LogP contribution in [-0.4, -0.2) is 113 Å². The molecular weight excluding hydrogens is 887 g/mol. The van der Waals surface area contributed by atoms with Crippen LogP contribution in [0.15, 0.2) is 72.2 Å². The summed E-state index contributed by atoms with van der Waals surface area (Å²) >= 11 is 7.44. The van der Waals surface area contributed by atoms with Crippen LogP contribution in [0.2, 0.25) is 0 Å². The van der Waals surface area contributed by atoms with Crippen LogP contribution >= 0.6 is 23.6 Å². The number of hydrogen-bond acceptors (Lipinski definition) is 13. The number of nitrogens with zero attached hydrogens (tertiary/aromatic N) is 5. The first-order chi connectivity index (χ1) is 32.0. The van der Waals surface area contributed by atoms with E-state index in [0.717, 1.165) is 58.0 Å². The van der Waals surface area contributed by atoms with Gasteiger partial charge in [0.2, 0.25) is 5.91 Å². The van der Waals surface area contributed by atoms with Crippen molar-refractivity contribution in [3.63, 3.8) is 0 Å². The molecule has 2 aliphatic rings. The summed E-state index contributed by atoms with van der Waals surface area (Å²) < 4.78 is 17.5. The van der Waals surface area contributed by atoms with Crippen molar-refractivity contribution in [1.82, 2.24) is 20.5 Å². The van der Waals surface area contributed by atoms with Gasteiger partial charge in [-0.3, -0.25) is 24.7 Å². The van der Waals surface area contributed by atoms with E-state index >= 15 is 0 Å². The molecule has 1 aromatic heterocycles. The largest absolute Gasteiger partial charge is 0.494 e. The number of benzene rings is 3. The Morgan fingerprint density at radius 3 is 2.34 bits per heavy atom. The van der Waals surface area contributed by atoms with Crippen molar-refractivity contribution in [2.24, 2.45) is 5.41 Å². The maximum atomic E-state index is 13.6. The highest BCUT2D eigenvalue weighted by Gasteiger charge is 2.50. The van der Waals surface area contributed by atoms with Gasteiger partial charge in [-0.05, 0) is 137 Å². The minimum Gasteiger partial charge on any atom is -0.494 e. The Balaban J connectivity index is 0.825. The van der Waals surface area contributed by atoms with Gasteiger partial charge in [0.25, 0.3) is 5.91 Å². The summed E-state index contributed by atoms with van der Waals surface area (Å²) in [6.45, 7) is 17.2. The molecule has 0 saturated carbocycles. The lowest BCUT2D eigenvalue weighted by Gasteiger charge is -2.37. The molecule has 0 radical (unpaired) electrons. The second-order valence-electron chi connectivity index (χ2n) is 19.0. The van der Waals surface area contributed by atoms with Crippen molar-refractivity contribution in [3.8, 4) is 22.3 Å². The molecule has 14 nitrogen and oxygen atoms in total. The Kier molecular flexibility index (Phi) is 18.0. The standard InChI is InChI=1S/C51H67N7O7S2/c1-34-26-40(17-16-38(34)28-52)57-48(62)51(6,7)58(49(57)66)39-18-20-42(21-19-39)65-25-10-8-9-22-63-23-11-24-64-32-45(60)55-44(50(3,4)5)31-56-30-41(59)27-43(56)47(61)53-29-36-12-14-37(15-13-36)46-35(2)54-33-67-46/h12-21,26,33,41,43-44,47,53,59,61H,8-11,22-25,27,29-32H2,1-7H3,(H,55,60)/t41-,43+,44-,47?/m1/s1. The van der Waals surface area contributed by atoms with Gasteiger partial charge >= 0.3 is 0 Å². The van der Waals surface area contributed by atoms with Crippen LogP contribution in [0, 0.1) is 30.6 Å². The van der Waals surface area contributed by atoms with Gasteiger partial charge in [-0.25, -0.2) is 4.98 Å². The minimum absolute atomic E-state index is 0.0610. The number of carbonyl (C=O) groups is 2. The average molecular weight is 954 g/mol. The molecule has 0 spiro atoms. The molecule has 1 unspecified atom stereocenters. The van der Waals surface area contributed by atoms with E-state index in [-0.39, 0.29) is 35.9 Å². The summed E-state index contributed by atoms with van der Waals surface area (Å²) in [5.41, 5.74) is 6.61. The fourth-order valence-corrected chi connectivity index (χ4v) is 9.76. The number of unbranched alkanes of at least 4 members (excludes halogenated alkanes) is 2. The van der Waals surface area contributed by atoms with E-state index in [9.17, 15) is 25.1 Å². The van der Waals surface area contributed by atoms with Crippen LogP contribution in [0.5, 0.6) is 5.75 Å². The topological polar surface area (TPSA) is 173 Å². The maximum Gasteiger partial charge on any atom is 0.259 e. The number of hydrogen-bond donors (Lipinski definition) is 4. The van der Waals surface area contributed by atoms with Crippen LogP contribution in [-0.2, 0) is 25.6 Å². The molecule has 4 N–H and O–H groups in total. The second-order valence-corrected chi connectivity index (χ2v) is 20.3. The average Bonchev–Trinajstić information content (AvgIpc) is 3.94. The molecule has 2 amide bonds. The molecule has 2 saturated heterocycles. The van der Waals surface area contributed by atoms with E-state index in [2.05, 4.69) is 71.6 Å². The van der Waals surface area contributed by atoms with Gasteiger partial charge in [-0.2, -0.15) is 5.26 Å². The van der Waals surface area contributed by atoms with Gasteiger partial charge in [0.05, 0.1) is 52.2 Å². The highest BCUT2D eigenvalue weighted by molar-refractivity contribution is 7.81. The van der Waals surface area contributed by atoms with E-state index < -0.39 is 17.9 Å². The first kappa shape index (κ1) is 51.6. The molecule has 0 aliphatic carbocycles.